The zero-order valence-electron chi connectivity index (χ0n) is 15.6. The van der Waals surface area contributed by atoms with Gasteiger partial charge in [0, 0.05) is 30.6 Å². The van der Waals surface area contributed by atoms with Gasteiger partial charge in [0.15, 0.2) is 0 Å². The average Bonchev–Trinajstić information content (AvgIpc) is 2.70. The van der Waals surface area contributed by atoms with Crippen molar-refractivity contribution in [3.05, 3.63) is 54.1 Å². The lowest BCUT2D eigenvalue weighted by molar-refractivity contribution is -0.114. The van der Waals surface area contributed by atoms with Gasteiger partial charge in [0.05, 0.1) is 13.2 Å². The molecule has 0 aromatic heterocycles. The topological polar surface area (TPSA) is 88.7 Å². The minimum absolute atomic E-state index is 0.0871. The Hall–Kier alpha value is -3.06. The first-order valence-corrected chi connectivity index (χ1v) is 8.79. The molecule has 7 nitrogen and oxygen atoms in total. The number of amides is 2. The summed E-state index contributed by atoms with van der Waals surface area (Å²) in [6.45, 7) is 3.72. The lowest BCUT2D eigenvalue weighted by Crippen LogP contribution is -2.22. The van der Waals surface area contributed by atoms with Gasteiger partial charge in [-0.1, -0.05) is 6.07 Å². The van der Waals surface area contributed by atoms with Crippen LogP contribution in [-0.4, -0.2) is 45.2 Å². The first-order valence-electron chi connectivity index (χ1n) is 8.79. The van der Waals surface area contributed by atoms with E-state index in [0.29, 0.717) is 36.8 Å². The van der Waals surface area contributed by atoms with Crippen LogP contribution in [-0.2, 0) is 9.53 Å². The summed E-state index contributed by atoms with van der Waals surface area (Å²) in [6.07, 6.45) is 0. The van der Waals surface area contributed by atoms with Crippen LogP contribution in [0.5, 0.6) is 5.75 Å². The van der Waals surface area contributed by atoms with Crippen molar-refractivity contribution in [1.82, 2.24) is 5.32 Å². The molecule has 7 heteroatoms. The van der Waals surface area contributed by atoms with E-state index in [1.54, 1.807) is 55.6 Å². The Labute approximate surface area is 159 Å². The van der Waals surface area contributed by atoms with Crippen molar-refractivity contribution >= 4 is 23.2 Å². The Kier molecular flexibility index (Phi) is 8.12. The first kappa shape index (κ1) is 20.3. The van der Waals surface area contributed by atoms with Crippen molar-refractivity contribution in [3.63, 3.8) is 0 Å². The molecule has 0 saturated carbocycles. The van der Waals surface area contributed by atoms with Gasteiger partial charge in [-0.2, -0.15) is 0 Å². The van der Waals surface area contributed by atoms with Gasteiger partial charge in [-0.3, -0.25) is 9.59 Å². The van der Waals surface area contributed by atoms with E-state index in [-0.39, 0.29) is 18.4 Å². The number of hydrogen-bond donors (Lipinski definition) is 3. The standard InChI is InChI=1S/C20H25N3O4/c1-3-26-11-12-27-18-9-7-16(8-10-18)23-19(24)14-22-17-6-4-5-15(13-17)20(25)21-2/h4-10,13,22H,3,11-12,14H2,1-2H3,(H,21,25)(H,23,24). The number of benzene rings is 2. The number of carbonyl (C=O) groups excluding carboxylic acids is 2. The van der Waals surface area contributed by atoms with E-state index in [2.05, 4.69) is 16.0 Å². The van der Waals surface area contributed by atoms with Gasteiger partial charge in [-0.15, -0.1) is 0 Å². The highest BCUT2D eigenvalue weighted by Crippen LogP contribution is 2.16. The maximum atomic E-state index is 12.1. The van der Waals surface area contributed by atoms with Crippen LogP contribution in [0.4, 0.5) is 11.4 Å². The highest BCUT2D eigenvalue weighted by Gasteiger charge is 2.06. The molecular weight excluding hydrogens is 346 g/mol. The molecule has 0 atom stereocenters. The molecule has 2 rings (SSSR count). The second kappa shape index (κ2) is 10.8. The van der Waals surface area contributed by atoms with Gasteiger partial charge in [-0.25, -0.2) is 0 Å². The monoisotopic (exact) mass is 371 g/mol. The molecule has 0 bridgehead atoms. The first-order chi connectivity index (χ1) is 13.1. The maximum absolute atomic E-state index is 12.1. The fourth-order valence-corrected chi connectivity index (χ4v) is 2.30. The van der Waals surface area contributed by atoms with Gasteiger partial charge in [0.1, 0.15) is 12.4 Å². The van der Waals surface area contributed by atoms with Crippen molar-refractivity contribution in [1.29, 1.82) is 0 Å². The number of hydrogen-bond acceptors (Lipinski definition) is 5. The molecule has 2 aromatic carbocycles. The Bertz CT molecular complexity index is 747. The van der Waals surface area contributed by atoms with Crippen LogP contribution >= 0.6 is 0 Å². The third-order valence-corrected chi connectivity index (χ3v) is 3.64. The number of carbonyl (C=O) groups is 2. The quantitative estimate of drug-likeness (QED) is 0.559. The number of ether oxygens (including phenoxy) is 2. The zero-order valence-corrected chi connectivity index (χ0v) is 15.6. The molecule has 0 spiro atoms. The fraction of sp³-hybridized carbons (Fsp3) is 0.300. The minimum atomic E-state index is -0.189. The summed E-state index contributed by atoms with van der Waals surface area (Å²) in [4.78, 5) is 23.7. The lowest BCUT2D eigenvalue weighted by Gasteiger charge is -2.10. The molecule has 0 unspecified atom stereocenters. The van der Waals surface area contributed by atoms with Crippen molar-refractivity contribution in [2.75, 3.05) is 44.0 Å². The molecule has 0 aliphatic carbocycles. The summed E-state index contributed by atoms with van der Waals surface area (Å²) in [6, 6.07) is 14.1. The highest BCUT2D eigenvalue weighted by molar-refractivity contribution is 5.96. The highest BCUT2D eigenvalue weighted by atomic mass is 16.5. The van der Waals surface area contributed by atoms with E-state index in [0.717, 1.165) is 5.75 Å². The zero-order chi connectivity index (χ0) is 19.5. The number of anilines is 2. The molecular formula is C20H25N3O4. The predicted molar refractivity (Wildman–Crippen MR) is 105 cm³/mol. The molecule has 0 saturated heterocycles. The maximum Gasteiger partial charge on any atom is 0.251 e. The number of nitrogens with one attached hydrogen (secondary N) is 3. The molecule has 144 valence electrons. The Morgan fingerprint density at radius 3 is 2.48 bits per heavy atom. The second-order valence-corrected chi connectivity index (χ2v) is 5.63. The molecule has 27 heavy (non-hydrogen) atoms. The Morgan fingerprint density at radius 1 is 1.00 bits per heavy atom. The molecule has 3 N–H and O–H groups in total. The summed E-state index contributed by atoms with van der Waals surface area (Å²) in [5, 5.41) is 8.37. The van der Waals surface area contributed by atoms with Gasteiger partial charge in [0.2, 0.25) is 5.91 Å². The molecule has 2 amide bonds. The summed E-state index contributed by atoms with van der Waals surface area (Å²) < 4.78 is 10.7. The minimum Gasteiger partial charge on any atom is -0.491 e. The van der Waals surface area contributed by atoms with Gasteiger partial charge in [0.25, 0.3) is 5.91 Å². The normalized spacial score (nSPS) is 10.1. The van der Waals surface area contributed by atoms with Crippen molar-refractivity contribution < 1.29 is 19.1 Å². The van der Waals surface area contributed by atoms with Crippen LogP contribution in [0.15, 0.2) is 48.5 Å². The third-order valence-electron chi connectivity index (χ3n) is 3.64. The van der Waals surface area contributed by atoms with Crippen molar-refractivity contribution in [2.24, 2.45) is 0 Å². The fourth-order valence-electron chi connectivity index (χ4n) is 2.30. The molecule has 0 aliphatic rings. The summed E-state index contributed by atoms with van der Waals surface area (Å²) >= 11 is 0. The summed E-state index contributed by atoms with van der Waals surface area (Å²) in [7, 11) is 1.57. The van der Waals surface area contributed by atoms with Crippen LogP contribution in [0.3, 0.4) is 0 Å². The van der Waals surface area contributed by atoms with Crippen LogP contribution in [0.25, 0.3) is 0 Å². The van der Waals surface area contributed by atoms with Gasteiger partial charge >= 0.3 is 0 Å². The van der Waals surface area contributed by atoms with E-state index in [1.807, 2.05) is 6.92 Å². The molecule has 0 radical (unpaired) electrons. The Morgan fingerprint density at radius 2 is 1.78 bits per heavy atom. The molecule has 0 heterocycles. The molecule has 0 fully saturated rings. The average molecular weight is 371 g/mol. The Balaban J connectivity index is 1.79. The van der Waals surface area contributed by atoms with Crippen molar-refractivity contribution in [3.8, 4) is 5.75 Å². The molecule has 0 aliphatic heterocycles. The van der Waals surface area contributed by atoms with Gasteiger partial charge < -0.3 is 25.4 Å². The number of rotatable bonds is 10. The lowest BCUT2D eigenvalue weighted by atomic mass is 10.2. The summed E-state index contributed by atoms with van der Waals surface area (Å²) in [5.74, 6) is 0.355. The van der Waals surface area contributed by atoms with Gasteiger partial charge in [-0.05, 0) is 49.4 Å². The van der Waals surface area contributed by atoms with Crippen molar-refractivity contribution in [2.45, 2.75) is 6.92 Å². The predicted octanol–water partition coefficient (Wildman–Crippen LogP) is 2.51. The third kappa shape index (κ3) is 6.99. The largest absolute Gasteiger partial charge is 0.491 e. The van der Waals surface area contributed by atoms with E-state index in [9.17, 15) is 9.59 Å². The second-order valence-electron chi connectivity index (χ2n) is 5.63. The van der Waals surface area contributed by atoms with E-state index in [4.69, 9.17) is 9.47 Å². The SMILES string of the molecule is CCOCCOc1ccc(NC(=O)CNc2cccc(C(=O)NC)c2)cc1. The molecule has 2 aromatic rings. The van der Waals surface area contributed by atoms with Crippen LogP contribution in [0.1, 0.15) is 17.3 Å². The summed E-state index contributed by atoms with van der Waals surface area (Å²) in [5.41, 5.74) is 1.91. The van der Waals surface area contributed by atoms with E-state index < -0.39 is 0 Å². The van der Waals surface area contributed by atoms with E-state index in [1.165, 1.54) is 0 Å². The van der Waals surface area contributed by atoms with Crippen LogP contribution in [0.2, 0.25) is 0 Å². The van der Waals surface area contributed by atoms with Crippen LogP contribution in [0, 0.1) is 0 Å². The van der Waals surface area contributed by atoms with E-state index >= 15 is 0 Å². The van der Waals surface area contributed by atoms with Crippen LogP contribution < -0.4 is 20.7 Å². The smallest absolute Gasteiger partial charge is 0.251 e.